The van der Waals surface area contributed by atoms with E-state index in [4.69, 9.17) is 13.9 Å². The fraction of sp³-hybridized carbons (Fsp3) is 0.222. The average molecular weight is 446 g/mol. The van der Waals surface area contributed by atoms with Gasteiger partial charge in [0.25, 0.3) is 0 Å². The molecule has 0 spiro atoms. The molecule has 0 aliphatic heterocycles. The molecule has 3 aromatic carbocycles. The Morgan fingerprint density at radius 1 is 0.939 bits per heavy atom. The van der Waals surface area contributed by atoms with Gasteiger partial charge in [0, 0.05) is 11.1 Å². The number of aryl methyl sites for hydroxylation is 1. The molecule has 6 nitrogen and oxygen atoms in total. The topological polar surface area (TPSA) is 76.2 Å². The summed E-state index contributed by atoms with van der Waals surface area (Å²) in [6, 6.07) is 18.4. The smallest absolute Gasteiger partial charge is 0.200 e. The molecule has 1 aromatic heterocycles. The Morgan fingerprint density at radius 3 is 2.36 bits per heavy atom. The molecule has 0 fully saturated rings. The number of quaternary nitrogens is 1. The minimum absolute atomic E-state index is 0.128. The van der Waals surface area contributed by atoms with E-state index in [1.54, 1.807) is 45.4 Å². The number of rotatable bonds is 7. The monoisotopic (exact) mass is 445 g/mol. The van der Waals surface area contributed by atoms with Gasteiger partial charge in [0.2, 0.25) is 5.43 Å². The van der Waals surface area contributed by atoms with Crippen LogP contribution in [0.15, 0.2) is 69.9 Å². The maximum atomic E-state index is 13.5. The van der Waals surface area contributed by atoms with E-state index in [-0.39, 0.29) is 11.2 Å². The van der Waals surface area contributed by atoms with Crippen molar-refractivity contribution < 1.29 is 23.9 Å². The summed E-state index contributed by atoms with van der Waals surface area (Å²) in [4.78, 5) is 14.6. The largest absolute Gasteiger partial charge is 0.872 e. The van der Waals surface area contributed by atoms with Crippen molar-refractivity contribution in [3.8, 4) is 28.4 Å². The molecular weight excluding hydrogens is 418 g/mol. The highest BCUT2D eigenvalue weighted by Crippen LogP contribution is 2.34. The van der Waals surface area contributed by atoms with Gasteiger partial charge in [-0.25, -0.2) is 0 Å². The first-order chi connectivity index (χ1) is 15.9. The first-order valence-electron chi connectivity index (χ1n) is 10.8. The van der Waals surface area contributed by atoms with Gasteiger partial charge in [0.1, 0.15) is 24.4 Å². The molecular formula is C27H27NO5. The lowest BCUT2D eigenvalue weighted by Crippen LogP contribution is -3.06. The Labute approximate surface area is 192 Å². The van der Waals surface area contributed by atoms with Gasteiger partial charge in [-0.2, -0.15) is 0 Å². The van der Waals surface area contributed by atoms with Crippen LogP contribution in [-0.4, -0.2) is 21.3 Å². The highest BCUT2D eigenvalue weighted by molar-refractivity contribution is 5.86. The van der Waals surface area contributed by atoms with Crippen molar-refractivity contribution in [2.75, 3.05) is 21.3 Å². The number of hydrogen-bond donors (Lipinski definition) is 1. The average Bonchev–Trinajstić information content (AvgIpc) is 2.81. The second-order valence-corrected chi connectivity index (χ2v) is 8.15. The van der Waals surface area contributed by atoms with E-state index in [1.165, 1.54) is 11.6 Å². The number of methoxy groups -OCH3 is 2. The van der Waals surface area contributed by atoms with Gasteiger partial charge in [0.15, 0.2) is 11.5 Å². The molecule has 1 N–H and O–H groups in total. The number of nitrogens with one attached hydrogen (secondary N) is 1. The van der Waals surface area contributed by atoms with Crippen LogP contribution < -0.4 is 24.9 Å². The van der Waals surface area contributed by atoms with Crippen molar-refractivity contribution in [3.05, 3.63) is 87.8 Å². The summed E-state index contributed by atoms with van der Waals surface area (Å²) >= 11 is 0. The molecule has 0 bridgehead atoms. The molecule has 6 heteroatoms. The zero-order chi connectivity index (χ0) is 23.5. The quantitative estimate of drug-likeness (QED) is 0.473. The molecule has 170 valence electrons. The van der Waals surface area contributed by atoms with Crippen molar-refractivity contribution in [2.45, 2.75) is 20.0 Å². The Bertz CT molecular complexity index is 1340. The molecule has 0 aliphatic carbocycles. The molecule has 0 aliphatic rings. The standard InChI is InChI=1S/C27H27NO5/c1-17-25(19-10-13-23(31-3)24(14-19)32-4)26(30)20-11-12-22(29)21(27(20)33-17)16-28(2)15-18-8-6-5-7-9-18/h5-14,29H,15-16H2,1-4H3. The van der Waals surface area contributed by atoms with Crippen LogP contribution in [0.3, 0.4) is 0 Å². The van der Waals surface area contributed by atoms with Crippen LogP contribution in [0.25, 0.3) is 22.1 Å². The molecule has 0 radical (unpaired) electrons. The lowest BCUT2D eigenvalue weighted by atomic mass is 10.00. The molecule has 4 rings (SSSR count). The molecule has 0 saturated carbocycles. The Kier molecular flexibility index (Phi) is 6.38. The van der Waals surface area contributed by atoms with Crippen molar-refractivity contribution in [1.82, 2.24) is 0 Å². The summed E-state index contributed by atoms with van der Waals surface area (Å²) in [5, 5.41) is 13.1. The summed E-state index contributed by atoms with van der Waals surface area (Å²) in [5.41, 5.74) is 2.99. The Hall–Kier alpha value is -3.77. The van der Waals surface area contributed by atoms with E-state index < -0.39 is 0 Å². The molecule has 1 unspecified atom stereocenters. The van der Waals surface area contributed by atoms with E-state index in [9.17, 15) is 9.90 Å². The van der Waals surface area contributed by atoms with Crippen LogP contribution >= 0.6 is 0 Å². The van der Waals surface area contributed by atoms with Gasteiger partial charge in [-0.3, -0.25) is 4.79 Å². The second-order valence-electron chi connectivity index (χ2n) is 8.15. The van der Waals surface area contributed by atoms with Crippen LogP contribution in [0.1, 0.15) is 16.9 Å². The lowest BCUT2D eigenvalue weighted by Gasteiger charge is -2.20. The van der Waals surface area contributed by atoms with Crippen LogP contribution in [0, 0.1) is 6.92 Å². The van der Waals surface area contributed by atoms with Crippen molar-refractivity contribution in [3.63, 3.8) is 0 Å². The number of ether oxygens (including phenoxy) is 2. The zero-order valence-electron chi connectivity index (χ0n) is 19.2. The maximum Gasteiger partial charge on any atom is 0.200 e. The van der Waals surface area contributed by atoms with Crippen LogP contribution in [0.2, 0.25) is 0 Å². The van der Waals surface area contributed by atoms with Gasteiger partial charge >= 0.3 is 0 Å². The first-order valence-corrected chi connectivity index (χ1v) is 10.8. The fourth-order valence-corrected chi connectivity index (χ4v) is 4.21. The van der Waals surface area contributed by atoms with Gasteiger partial charge in [0.05, 0.1) is 32.2 Å². The third-order valence-electron chi connectivity index (χ3n) is 5.80. The molecule has 0 saturated heterocycles. The first kappa shape index (κ1) is 22.4. The van der Waals surface area contributed by atoms with Crippen LogP contribution in [-0.2, 0) is 13.1 Å². The van der Waals surface area contributed by atoms with Gasteiger partial charge < -0.3 is 23.9 Å². The summed E-state index contributed by atoms with van der Waals surface area (Å²) in [6.45, 7) is 2.95. The van der Waals surface area contributed by atoms with Crippen LogP contribution in [0.5, 0.6) is 17.2 Å². The minimum Gasteiger partial charge on any atom is -0.872 e. The summed E-state index contributed by atoms with van der Waals surface area (Å²) < 4.78 is 16.8. The summed E-state index contributed by atoms with van der Waals surface area (Å²) in [6.07, 6.45) is 0. The van der Waals surface area contributed by atoms with E-state index in [1.807, 2.05) is 25.2 Å². The van der Waals surface area contributed by atoms with E-state index in [0.717, 1.165) is 11.4 Å². The Balaban J connectivity index is 1.78. The van der Waals surface area contributed by atoms with Gasteiger partial charge in [-0.05, 0) is 30.7 Å². The predicted octanol–water partition coefficient (Wildman–Crippen LogP) is 3.07. The maximum absolute atomic E-state index is 13.5. The summed E-state index contributed by atoms with van der Waals surface area (Å²) in [7, 11) is 5.13. The third-order valence-corrected chi connectivity index (χ3v) is 5.80. The third kappa shape index (κ3) is 4.43. The summed E-state index contributed by atoms with van der Waals surface area (Å²) in [5.74, 6) is 1.42. The minimum atomic E-state index is -0.178. The number of fused-ring (bicyclic) bond motifs is 1. The second kappa shape index (κ2) is 9.38. The van der Waals surface area contributed by atoms with Crippen molar-refractivity contribution >= 4 is 11.0 Å². The predicted molar refractivity (Wildman–Crippen MR) is 126 cm³/mol. The normalized spacial score (nSPS) is 12.0. The number of benzene rings is 3. The number of hydrogen-bond acceptors (Lipinski definition) is 5. The zero-order valence-corrected chi connectivity index (χ0v) is 19.2. The van der Waals surface area contributed by atoms with E-state index in [0.29, 0.717) is 51.5 Å². The van der Waals surface area contributed by atoms with Crippen LogP contribution in [0.4, 0.5) is 0 Å². The highest BCUT2D eigenvalue weighted by Gasteiger charge is 2.19. The van der Waals surface area contributed by atoms with Gasteiger partial charge in [-0.1, -0.05) is 48.2 Å². The Morgan fingerprint density at radius 2 is 1.67 bits per heavy atom. The van der Waals surface area contributed by atoms with E-state index >= 15 is 0 Å². The molecule has 1 heterocycles. The fourth-order valence-electron chi connectivity index (χ4n) is 4.21. The molecule has 0 amide bonds. The molecule has 33 heavy (non-hydrogen) atoms. The van der Waals surface area contributed by atoms with Crippen molar-refractivity contribution in [1.29, 1.82) is 0 Å². The lowest BCUT2D eigenvalue weighted by molar-refractivity contribution is -0.907. The molecule has 1 atom stereocenters. The highest BCUT2D eigenvalue weighted by atomic mass is 16.5. The molecule has 4 aromatic rings. The van der Waals surface area contributed by atoms with Gasteiger partial charge in [-0.15, -0.1) is 0 Å². The SMILES string of the molecule is COc1ccc(-c2c(C)oc3c(C[NH+](C)Cc4ccccc4)c([O-])ccc3c2=O)cc1OC. The van der Waals surface area contributed by atoms with Crippen molar-refractivity contribution in [2.24, 2.45) is 0 Å². The van der Waals surface area contributed by atoms with E-state index in [2.05, 4.69) is 12.1 Å².